The van der Waals surface area contributed by atoms with Crippen molar-refractivity contribution in [1.82, 2.24) is 20.2 Å². The van der Waals surface area contributed by atoms with Gasteiger partial charge in [-0.05, 0) is 54.7 Å². The van der Waals surface area contributed by atoms with Crippen LogP contribution in [0.4, 0.5) is 10.1 Å². The zero-order valence-corrected chi connectivity index (χ0v) is 21.1. The average Bonchev–Trinajstić information content (AvgIpc) is 3.63. The van der Waals surface area contributed by atoms with E-state index in [4.69, 9.17) is 0 Å². The van der Waals surface area contributed by atoms with Gasteiger partial charge in [-0.1, -0.05) is 43.2 Å². The number of anilines is 1. The standard InChI is InChI=1S/C30H32FN5O2/c31-20-12-9-19(10-13-20)11-14-26(37)34-25-8-4-2-6-22(25)30(38)36-18-15-23-27(29-32-16-17-33-29)35-24-7-3-1-5-21(24)28(23)36/h1,3,5,7,9-14,16-17,22-23,25,27-28,35H,2,4,6,8,15,18H2,(H,32,33)(H,34,37)/b14-11+/t22-,23-,25+,27+,28-/m0/s1. The minimum atomic E-state index is -0.314. The molecule has 1 aliphatic carbocycles. The average molecular weight is 514 g/mol. The number of hydrogen-bond acceptors (Lipinski definition) is 4. The maximum Gasteiger partial charge on any atom is 0.244 e. The summed E-state index contributed by atoms with van der Waals surface area (Å²) in [4.78, 5) is 36.8. The molecule has 2 fully saturated rings. The fraction of sp³-hybridized carbons (Fsp3) is 0.367. The third-order valence-electron chi connectivity index (χ3n) is 8.27. The van der Waals surface area contributed by atoms with E-state index in [0.717, 1.165) is 54.7 Å². The van der Waals surface area contributed by atoms with Crippen LogP contribution in [0.2, 0.25) is 0 Å². The summed E-state index contributed by atoms with van der Waals surface area (Å²) in [5.41, 5.74) is 2.93. The van der Waals surface area contributed by atoms with Crippen LogP contribution in [-0.4, -0.2) is 39.3 Å². The number of H-pyrrole nitrogens is 1. The van der Waals surface area contributed by atoms with Gasteiger partial charge in [-0.2, -0.15) is 0 Å². The van der Waals surface area contributed by atoms with Crippen LogP contribution in [-0.2, 0) is 9.59 Å². The van der Waals surface area contributed by atoms with Crippen molar-refractivity contribution in [1.29, 1.82) is 0 Å². The van der Waals surface area contributed by atoms with E-state index >= 15 is 0 Å². The lowest BCUT2D eigenvalue weighted by Gasteiger charge is -2.41. The minimum absolute atomic E-state index is 0.00107. The Morgan fingerprint density at radius 1 is 1.05 bits per heavy atom. The molecule has 2 amide bonds. The van der Waals surface area contributed by atoms with Crippen molar-refractivity contribution in [2.75, 3.05) is 11.9 Å². The highest BCUT2D eigenvalue weighted by molar-refractivity contribution is 5.92. The number of carbonyl (C=O) groups is 2. The van der Waals surface area contributed by atoms with E-state index in [1.54, 1.807) is 24.4 Å². The lowest BCUT2D eigenvalue weighted by Crippen LogP contribution is -2.49. The Morgan fingerprint density at radius 3 is 2.68 bits per heavy atom. The van der Waals surface area contributed by atoms with E-state index in [0.29, 0.717) is 6.54 Å². The number of nitrogens with zero attached hydrogens (tertiary/aromatic N) is 2. The number of benzene rings is 2. The van der Waals surface area contributed by atoms with Crippen molar-refractivity contribution in [2.24, 2.45) is 11.8 Å². The van der Waals surface area contributed by atoms with Crippen LogP contribution in [0, 0.1) is 17.7 Å². The summed E-state index contributed by atoms with van der Waals surface area (Å²) in [7, 11) is 0. The summed E-state index contributed by atoms with van der Waals surface area (Å²) in [6, 6.07) is 14.0. The predicted octanol–water partition coefficient (Wildman–Crippen LogP) is 4.99. The Bertz CT molecular complexity index is 1320. The molecule has 2 aromatic carbocycles. The van der Waals surface area contributed by atoms with Crippen LogP contribution in [0.1, 0.15) is 61.1 Å². The lowest BCUT2D eigenvalue weighted by molar-refractivity contribution is -0.139. The molecule has 1 aromatic heterocycles. The number of hydrogen-bond donors (Lipinski definition) is 3. The Kier molecular flexibility index (Phi) is 6.70. The number of aromatic nitrogens is 2. The van der Waals surface area contributed by atoms with Gasteiger partial charge in [0.05, 0.1) is 18.0 Å². The molecule has 7 nitrogen and oxygen atoms in total. The molecule has 0 unspecified atom stereocenters. The van der Waals surface area contributed by atoms with E-state index in [9.17, 15) is 14.0 Å². The Morgan fingerprint density at radius 2 is 1.87 bits per heavy atom. The van der Waals surface area contributed by atoms with E-state index in [1.807, 2.05) is 18.3 Å². The van der Waals surface area contributed by atoms with Gasteiger partial charge in [0.25, 0.3) is 0 Å². The molecule has 5 atom stereocenters. The van der Waals surface area contributed by atoms with Crippen molar-refractivity contribution in [3.63, 3.8) is 0 Å². The fourth-order valence-electron chi connectivity index (χ4n) is 6.48. The van der Waals surface area contributed by atoms with Crippen LogP contribution in [0.25, 0.3) is 6.08 Å². The number of halogens is 1. The van der Waals surface area contributed by atoms with Crippen molar-refractivity contribution in [2.45, 2.75) is 50.2 Å². The first-order valence-electron chi connectivity index (χ1n) is 13.5. The molecule has 1 saturated carbocycles. The van der Waals surface area contributed by atoms with Gasteiger partial charge in [-0.3, -0.25) is 9.59 Å². The van der Waals surface area contributed by atoms with Crippen LogP contribution >= 0.6 is 0 Å². The number of amides is 2. The molecule has 3 N–H and O–H groups in total. The number of aromatic amines is 1. The number of imidazole rings is 1. The number of para-hydroxylation sites is 1. The van der Waals surface area contributed by atoms with E-state index in [2.05, 4.69) is 37.6 Å². The Hall–Kier alpha value is -3.94. The van der Waals surface area contributed by atoms with E-state index in [1.165, 1.54) is 18.2 Å². The summed E-state index contributed by atoms with van der Waals surface area (Å²) < 4.78 is 13.2. The molecule has 0 bridgehead atoms. The quantitative estimate of drug-likeness (QED) is 0.419. The normalized spacial score (nSPS) is 26.4. The first-order chi connectivity index (χ1) is 18.6. The van der Waals surface area contributed by atoms with Gasteiger partial charge >= 0.3 is 0 Å². The molecule has 0 radical (unpaired) electrons. The third kappa shape index (κ3) is 4.71. The first kappa shape index (κ1) is 24.4. The minimum Gasteiger partial charge on any atom is -0.375 e. The molecule has 0 spiro atoms. The monoisotopic (exact) mass is 513 g/mol. The predicted molar refractivity (Wildman–Crippen MR) is 143 cm³/mol. The van der Waals surface area contributed by atoms with E-state index in [-0.39, 0.29) is 47.6 Å². The smallest absolute Gasteiger partial charge is 0.244 e. The van der Waals surface area contributed by atoms with Crippen LogP contribution in [0.15, 0.2) is 67.0 Å². The van der Waals surface area contributed by atoms with Gasteiger partial charge in [0, 0.05) is 42.7 Å². The van der Waals surface area contributed by atoms with Gasteiger partial charge < -0.3 is 20.5 Å². The molecule has 38 heavy (non-hydrogen) atoms. The molecule has 8 heteroatoms. The van der Waals surface area contributed by atoms with Crippen LogP contribution in [0.5, 0.6) is 0 Å². The number of carbonyl (C=O) groups excluding carboxylic acids is 2. The van der Waals surface area contributed by atoms with E-state index < -0.39 is 0 Å². The fourth-order valence-corrected chi connectivity index (χ4v) is 6.48. The Labute approximate surface area is 221 Å². The van der Waals surface area contributed by atoms with Gasteiger partial charge in [0.1, 0.15) is 11.6 Å². The van der Waals surface area contributed by atoms with Gasteiger partial charge in [0.15, 0.2) is 0 Å². The molecular weight excluding hydrogens is 481 g/mol. The Balaban J connectivity index is 1.21. The van der Waals surface area contributed by atoms with Crippen molar-refractivity contribution in [3.05, 3.63) is 89.8 Å². The zero-order chi connectivity index (χ0) is 26.1. The molecule has 1 saturated heterocycles. The zero-order valence-electron chi connectivity index (χ0n) is 21.1. The highest BCUT2D eigenvalue weighted by Crippen LogP contribution is 2.51. The largest absolute Gasteiger partial charge is 0.375 e. The van der Waals surface area contributed by atoms with Crippen LogP contribution < -0.4 is 10.6 Å². The third-order valence-corrected chi connectivity index (χ3v) is 8.27. The van der Waals surface area contributed by atoms with Crippen molar-refractivity contribution >= 4 is 23.6 Å². The molecule has 6 rings (SSSR count). The summed E-state index contributed by atoms with van der Waals surface area (Å²) in [5.74, 6) is 0.416. The lowest BCUT2D eigenvalue weighted by atomic mass is 9.80. The van der Waals surface area contributed by atoms with Crippen molar-refractivity contribution in [3.8, 4) is 0 Å². The van der Waals surface area contributed by atoms with Gasteiger partial charge in [0.2, 0.25) is 11.8 Å². The molecule has 3 heterocycles. The summed E-state index contributed by atoms with van der Waals surface area (Å²) in [6.07, 6.45) is 11.1. The molecule has 3 aliphatic rings. The highest BCUT2D eigenvalue weighted by Gasteiger charge is 2.49. The second kappa shape index (κ2) is 10.4. The highest BCUT2D eigenvalue weighted by atomic mass is 19.1. The molecule has 3 aromatic rings. The van der Waals surface area contributed by atoms with Gasteiger partial charge in [-0.15, -0.1) is 0 Å². The summed E-state index contributed by atoms with van der Waals surface area (Å²) >= 11 is 0. The molecule has 2 aliphatic heterocycles. The number of nitrogens with one attached hydrogen (secondary N) is 3. The maximum atomic E-state index is 14.1. The number of rotatable bonds is 5. The molecule has 196 valence electrons. The summed E-state index contributed by atoms with van der Waals surface area (Å²) in [5, 5.41) is 6.76. The second-order valence-corrected chi connectivity index (χ2v) is 10.5. The van der Waals surface area contributed by atoms with Gasteiger partial charge in [-0.25, -0.2) is 9.37 Å². The topological polar surface area (TPSA) is 90.1 Å². The number of fused-ring (bicyclic) bond motifs is 3. The SMILES string of the molecule is O=C(/C=C/c1ccc(F)cc1)N[C@@H]1CCCC[C@@H]1C(=O)N1CC[C@H]2[C@H](c3ncc[nH]3)Nc3ccccc3[C@@H]21. The van der Waals surface area contributed by atoms with Crippen molar-refractivity contribution < 1.29 is 14.0 Å². The first-order valence-corrected chi connectivity index (χ1v) is 13.5. The van der Waals surface area contributed by atoms with Crippen LogP contribution in [0.3, 0.4) is 0 Å². The number of likely N-dealkylation sites (tertiary alicyclic amines) is 1. The molecular formula is C30H32FN5O2. The second-order valence-electron chi connectivity index (χ2n) is 10.5. The maximum absolute atomic E-state index is 14.1. The summed E-state index contributed by atoms with van der Waals surface area (Å²) in [6.45, 7) is 0.684.